The second kappa shape index (κ2) is 6.25. The van der Waals surface area contributed by atoms with Crippen LogP contribution >= 0.6 is 0 Å². The quantitative estimate of drug-likeness (QED) is 0.627. The van der Waals surface area contributed by atoms with Crippen molar-refractivity contribution in [2.75, 3.05) is 0 Å². The summed E-state index contributed by atoms with van der Waals surface area (Å²) in [5.74, 6) is -1.10. The van der Waals surface area contributed by atoms with E-state index in [0.29, 0.717) is 0 Å². The lowest BCUT2D eigenvalue weighted by atomic mass is 10.2. The SMILES string of the molecule is Cc1ccc(S(=O)(=O)N(C(=N)N)S(=O)(=O)c2ccc(C)cc2)cc1. The van der Waals surface area contributed by atoms with E-state index in [-0.39, 0.29) is 13.5 Å². The van der Waals surface area contributed by atoms with Crippen LogP contribution in [0.25, 0.3) is 0 Å². The van der Waals surface area contributed by atoms with Crippen LogP contribution in [0.3, 0.4) is 0 Å². The predicted octanol–water partition coefficient (Wildman–Crippen LogP) is 1.58. The van der Waals surface area contributed by atoms with Crippen LogP contribution in [0.15, 0.2) is 58.3 Å². The van der Waals surface area contributed by atoms with E-state index in [4.69, 9.17) is 11.1 Å². The lowest BCUT2D eigenvalue weighted by Gasteiger charge is -2.22. The highest BCUT2D eigenvalue weighted by Crippen LogP contribution is 2.24. The van der Waals surface area contributed by atoms with Crippen molar-refractivity contribution in [3.8, 4) is 0 Å². The molecule has 0 aliphatic heterocycles. The maximum absolute atomic E-state index is 12.7. The van der Waals surface area contributed by atoms with Crippen LogP contribution in [0.1, 0.15) is 11.1 Å². The van der Waals surface area contributed by atoms with Crippen molar-refractivity contribution >= 4 is 26.0 Å². The average molecular weight is 367 g/mol. The van der Waals surface area contributed by atoms with Gasteiger partial charge in [0.15, 0.2) is 0 Å². The Balaban J connectivity index is 2.63. The number of guanidine groups is 1. The first-order chi connectivity index (χ1) is 11.1. The van der Waals surface area contributed by atoms with Gasteiger partial charge in [-0.15, -0.1) is 3.71 Å². The lowest BCUT2D eigenvalue weighted by Crippen LogP contribution is -2.45. The fraction of sp³-hybridized carbons (Fsp3) is 0.133. The maximum Gasteiger partial charge on any atom is 0.280 e. The first-order valence-corrected chi connectivity index (χ1v) is 9.73. The number of nitrogens with two attached hydrogens (primary N) is 1. The van der Waals surface area contributed by atoms with Gasteiger partial charge in [-0.3, -0.25) is 5.41 Å². The third-order valence-electron chi connectivity index (χ3n) is 3.27. The molecular weight excluding hydrogens is 350 g/mol. The van der Waals surface area contributed by atoms with E-state index >= 15 is 0 Å². The second-order valence-electron chi connectivity index (χ2n) is 5.22. The molecule has 7 nitrogen and oxygen atoms in total. The maximum atomic E-state index is 12.7. The van der Waals surface area contributed by atoms with Gasteiger partial charge in [0.25, 0.3) is 20.0 Å². The van der Waals surface area contributed by atoms with Crippen molar-refractivity contribution in [1.82, 2.24) is 3.71 Å². The minimum atomic E-state index is -4.54. The Kier molecular flexibility index (Phi) is 4.68. The number of hydrogen-bond donors (Lipinski definition) is 2. The first kappa shape index (κ1) is 18.0. The van der Waals surface area contributed by atoms with Gasteiger partial charge >= 0.3 is 0 Å². The molecule has 0 saturated heterocycles. The van der Waals surface area contributed by atoms with Crippen LogP contribution in [0.2, 0.25) is 0 Å². The fourth-order valence-corrected chi connectivity index (χ4v) is 5.41. The molecule has 0 atom stereocenters. The van der Waals surface area contributed by atoms with E-state index < -0.39 is 26.0 Å². The largest absolute Gasteiger partial charge is 0.368 e. The number of benzene rings is 2. The molecule has 2 aromatic rings. The molecule has 0 fully saturated rings. The van der Waals surface area contributed by atoms with E-state index in [1.807, 2.05) is 0 Å². The van der Waals surface area contributed by atoms with Gasteiger partial charge in [-0.1, -0.05) is 35.4 Å². The summed E-state index contributed by atoms with van der Waals surface area (Å²) in [4.78, 5) is -0.530. The van der Waals surface area contributed by atoms with Gasteiger partial charge in [0, 0.05) is 0 Å². The zero-order chi connectivity index (χ0) is 18.1. The number of aryl methyl sites for hydroxylation is 2. The molecule has 2 rings (SSSR count). The van der Waals surface area contributed by atoms with Crippen molar-refractivity contribution in [1.29, 1.82) is 5.41 Å². The van der Waals surface area contributed by atoms with Crippen molar-refractivity contribution in [3.05, 3.63) is 59.7 Å². The Bertz CT molecular complexity index is 889. The summed E-state index contributed by atoms with van der Waals surface area (Å²) < 4.78 is 50.7. The zero-order valence-corrected chi connectivity index (χ0v) is 14.7. The number of hydrogen-bond acceptors (Lipinski definition) is 5. The van der Waals surface area contributed by atoms with Crippen molar-refractivity contribution in [2.24, 2.45) is 5.73 Å². The minimum absolute atomic E-state index is 0.0602. The zero-order valence-electron chi connectivity index (χ0n) is 13.1. The Hall–Kier alpha value is -2.39. The van der Waals surface area contributed by atoms with E-state index in [1.54, 1.807) is 13.8 Å². The predicted molar refractivity (Wildman–Crippen MR) is 90.5 cm³/mol. The monoisotopic (exact) mass is 367 g/mol. The molecule has 0 radical (unpaired) electrons. The van der Waals surface area contributed by atoms with Gasteiger partial charge in [-0.05, 0) is 38.1 Å². The van der Waals surface area contributed by atoms with Crippen LogP contribution < -0.4 is 5.73 Å². The van der Waals surface area contributed by atoms with Gasteiger partial charge in [-0.2, -0.15) is 16.8 Å². The molecule has 0 bridgehead atoms. The number of sulfonamides is 2. The van der Waals surface area contributed by atoms with Crippen molar-refractivity contribution < 1.29 is 16.8 Å². The molecule has 128 valence electrons. The van der Waals surface area contributed by atoms with Crippen molar-refractivity contribution in [3.63, 3.8) is 0 Å². The van der Waals surface area contributed by atoms with E-state index in [9.17, 15) is 16.8 Å². The summed E-state index contributed by atoms with van der Waals surface area (Å²) in [6, 6.07) is 11.2. The molecule has 0 spiro atoms. The van der Waals surface area contributed by atoms with Gasteiger partial charge in [0.1, 0.15) is 0 Å². The van der Waals surface area contributed by atoms with Crippen LogP contribution in [-0.2, 0) is 20.0 Å². The number of nitrogens with one attached hydrogen (secondary N) is 1. The van der Waals surface area contributed by atoms with Gasteiger partial charge in [-0.25, -0.2) is 0 Å². The Morgan fingerprint density at radius 3 is 1.33 bits per heavy atom. The summed E-state index contributed by atoms with van der Waals surface area (Å²) in [6.07, 6.45) is 0. The minimum Gasteiger partial charge on any atom is -0.368 e. The van der Waals surface area contributed by atoms with Gasteiger partial charge in [0.05, 0.1) is 9.79 Å². The highest BCUT2D eigenvalue weighted by Gasteiger charge is 2.37. The standard InChI is InChI=1S/C15H17N3O4S2/c1-11-3-7-13(8-4-11)23(19,20)18(15(16)17)24(21,22)14-9-5-12(2)6-10-14/h3-10H,1-2H3,(H3,16,17). The van der Waals surface area contributed by atoms with Crippen molar-refractivity contribution in [2.45, 2.75) is 23.6 Å². The van der Waals surface area contributed by atoms with Gasteiger partial charge < -0.3 is 5.73 Å². The molecule has 0 aromatic heterocycles. The molecule has 0 heterocycles. The Morgan fingerprint density at radius 1 is 0.792 bits per heavy atom. The summed E-state index contributed by atoms with van der Waals surface area (Å²) in [5.41, 5.74) is 6.91. The summed E-state index contributed by atoms with van der Waals surface area (Å²) >= 11 is 0. The smallest absolute Gasteiger partial charge is 0.280 e. The first-order valence-electron chi connectivity index (χ1n) is 6.85. The third kappa shape index (κ3) is 3.26. The molecule has 0 aliphatic carbocycles. The molecular formula is C15H17N3O4S2. The summed E-state index contributed by atoms with van der Waals surface area (Å²) in [7, 11) is -9.07. The normalized spacial score (nSPS) is 11.9. The van der Waals surface area contributed by atoms with Crippen LogP contribution in [0.4, 0.5) is 0 Å². The molecule has 0 aliphatic rings. The number of nitrogens with zero attached hydrogens (tertiary/aromatic N) is 1. The molecule has 2 aromatic carbocycles. The number of rotatable bonds is 4. The summed E-state index contributed by atoms with van der Waals surface area (Å²) in [5, 5.41) is 7.49. The molecule has 24 heavy (non-hydrogen) atoms. The van der Waals surface area contributed by atoms with E-state index in [2.05, 4.69) is 0 Å². The van der Waals surface area contributed by atoms with E-state index in [1.165, 1.54) is 48.5 Å². The van der Waals surface area contributed by atoms with Crippen LogP contribution in [0.5, 0.6) is 0 Å². The average Bonchev–Trinajstić information content (AvgIpc) is 2.47. The molecule has 0 unspecified atom stereocenters. The Labute approximate surface area is 141 Å². The molecule has 0 amide bonds. The topological polar surface area (TPSA) is 121 Å². The Morgan fingerprint density at radius 2 is 1.08 bits per heavy atom. The highest BCUT2D eigenvalue weighted by molar-refractivity contribution is 8.04. The lowest BCUT2D eigenvalue weighted by molar-refractivity contribution is 0.544. The molecule has 0 saturated carbocycles. The fourth-order valence-electron chi connectivity index (χ4n) is 2.00. The van der Waals surface area contributed by atoms with Crippen LogP contribution in [0, 0.1) is 19.3 Å². The van der Waals surface area contributed by atoms with Crippen LogP contribution in [-0.4, -0.2) is 26.5 Å². The van der Waals surface area contributed by atoms with Gasteiger partial charge in [0.2, 0.25) is 5.96 Å². The highest BCUT2D eigenvalue weighted by atomic mass is 32.3. The van der Waals surface area contributed by atoms with E-state index in [0.717, 1.165) is 11.1 Å². The third-order valence-corrected chi connectivity index (χ3v) is 7.45. The summed E-state index contributed by atoms with van der Waals surface area (Å²) in [6.45, 7) is 3.53. The molecule has 9 heteroatoms. The second-order valence-corrected chi connectivity index (χ2v) is 9.02. The molecule has 3 N–H and O–H groups in total.